The van der Waals surface area contributed by atoms with Crippen molar-refractivity contribution in [3.05, 3.63) is 102 Å². The Kier molecular flexibility index (Phi) is 3.54. The van der Waals surface area contributed by atoms with E-state index in [1.807, 2.05) is 12.1 Å². The maximum absolute atomic E-state index is 5.90. The smallest absolute Gasteiger partial charge is 0.0810 e. The Labute approximate surface area is 176 Å². The van der Waals surface area contributed by atoms with E-state index in [2.05, 4.69) is 95.3 Å². The summed E-state index contributed by atoms with van der Waals surface area (Å²) in [6.45, 7) is 0. The third-order valence-corrected chi connectivity index (χ3v) is 6.58. The highest BCUT2D eigenvalue weighted by atomic mass is 15.5. The lowest BCUT2D eigenvalue weighted by molar-refractivity contribution is 0.315. The molecule has 0 saturated heterocycles. The Balaban J connectivity index is 1.48. The molecule has 1 spiro atoms. The van der Waals surface area contributed by atoms with E-state index in [0.29, 0.717) is 0 Å². The average molecular weight is 393 g/mol. The van der Waals surface area contributed by atoms with E-state index in [9.17, 15) is 0 Å². The second kappa shape index (κ2) is 6.17. The minimum Gasteiger partial charge on any atom is -0.399 e. The van der Waals surface area contributed by atoms with Gasteiger partial charge in [-0.1, -0.05) is 54.6 Å². The summed E-state index contributed by atoms with van der Waals surface area (Å²) in [4.78, 5) is 2.40. The first kappa shape index (κ1) is 17.2. The SMILES string of the molecule is CN1C=C2C=C(c3ccccc3)NN2c2cc(-c3ccc(N)cc3)ccc2C12CC2. The lowest BCUT2D eigenvalue weighted by Crippen LogP contribution is -2.31. The standard InChI is InChI=1S/C26H24N4/c1-29-17-22-16-24(19-5-3-2-4-6-19)28-30(22)25-15-20(18-7-10-21(27)11-8-18)9-12-23(25)26(29)13-14-26/h2-12,15-17,28H,13-14,27H2,1H3. The first-order chi connectivity index (χ1) is 14.6. The highest BCUT2D eigenvalue weighted by Crippen LogP contribution is 2.56. The highest BCUT2D eigenvalue weighted by Gasteiger charge is 2.51. The molecule has 1 aliphatic carbocycles. The van der Waals surface area contributed by atoms with Crippen molar-refractivity contribution >= 4 is 17.1 Å². The van der Waals surface area contributed by atoms with Gasteiger partial charge in [0.15, 0.2) is 0 Å². The van der Waals surface area contributed by atoms with Gasteiger partial charge in [-0.2, -0.15) is 0 Å². The molecule has 2 aliphatic heterocycles. The molecule has 6 rings (SSSR count). The van der Waals surface area contributed by atoms with Crippen LogP contribution in [0.3, 0.4) is 0 Å². The minimum atomic E-state index is 0.106. The van der Waals surface area contributed by atoms with Crippen molar-refractivity contribution in [2.45, 2.75) is 18.4 Å². The number of nitrogens with one attached hydrogen (secondary N) is 1. The fourth-order valence-corrected chi connectivity index (χ4v) is 4.71. The summed E-state index contributed by atoms with van der Waals surface area (Å²) in [5.74, 6) is 0. The van der Waals surface area contributed by atoms with Gasteiger partial charge in [-0.05, 0) is 53.8 Å². The van der Waals surface area contributed by atoms with Crippen LogP contribution in [0.4, 0.5) is 11.4 Å². The van der Waals surface area contributed by atoms with Gasteiger partial charge in [0.05, 0.1) is 22.6 Å². The van der Waals surface area contributed by atoms with Crippen molar-refractivity contribution in [2.75, 3.05) is 17.8 Å². The molecule has 1 fully saturated rings. The summed E-state index contributed by atoms with van der Waals surface area (Å²) in [6, 6.07) is 25.5. The summed E-state index contributed by atoms with van der Waals surface area (Å²) >= 11 is 0. The third-order valence-electron chi connectivity index (χ3n) is 6.58. The van der Waals surface area contributed by atoms with E-state index in [1.54, 1.807) is 0 Å². The molecular weight excluding hydrogens is 368 g/mol. The molecule has 148 valence electrons. The average Bonchev–Trinajstić information content (AvgIpc) is 3.50. The van der Waals surface area contributed by atoms with Gasteiger partial charge in [-0.15, -0.1) is 0 Å². The Morgan fingerprint density at radius 3 is 2.33 bits per heavy atom. The Bertz CT molecular complexity index is 1190. The van der Waals surface area contributed by atoms with Crippen LogP contribution >= 0.6 is 0 Å². The molecule has 3 aliphatic rings. The number of anilines is 2. The quantitative estimate of drug-likeness (QED) is 0.597. The van der Waals surface area contributed by atoms with Gasteiger partial charge in [0.25, 0.3) is 0 Å². The lowest BCUT2D eigenvalue weighted by Gasteiger charge is -2.28. The topological polar surface area (TPSA) is 44.5 Å². The number of nitrogen functional groups attached to an aromatic ring is 1. The molecule has 2 heterocycles. The predicted octanol–water partition coefficient (Wildman–Crippen LogP) is 5.08. The second-order valence-corrected chi connectivity index (χ2v) is 8.42. The number of hydrazine groups is 1. The van der Waals surface area contributed by atoms with Gasteiger partial charge in [0, 0.05) is 24.5 Å². The molecule has 4 nitrogen and oxygen atoms in total. The molecule has 0 atom stereocenters. The molecule has 3 N–H and O–H groups in total. The fourth-order valence-electron chi connectivity index (χ4n) is 4.71. The van der Waals surface area contributed by atoms with E-state index < -0.39 is 0 Å². The summed E-state index contributed by atoms with van der Waals surface area (Å²) < 4.78 is 0. The summed E-state index contributed by atoms with van der Waals surface area (Å²) in [5.41, 5.74) is 18.9. The van der Waals surface area contributed by atoms with Crippen molar-refractivity contribution in [3.63, 3.8) is 0 Å². The fraction of sp³-hybridized carbons (Fsp3) is 0.154. The first-order valence-electron chi connectivity index (χ1n) is 10.4. The molecule has 30 heavy (non-hydrogen) atoms. The number of rotatable bonds is 2. The molecule has 0 amide bonds. The maximum Gasteiger partial charge on any atom is 0.0810 e. The Morgan fingerprint density at radius 1 is 0.867 bits per heavy atom. The van der Waals surface area contributed by atoms with Crippen LogP contribution in [0, 0.1) is 0 Å². The van der Waals surface area contributed by atoms with Crippen molar-refractivity contribution in [1.29, 1.82) is 0 Å². The monoisotopic (exact) mass is 392 g/mol. The highest BCUT2D eigenvalue weighted by molar-refractivity contribution is 5.81. The zero-order valence-electron chi connectivity index (χ0n) is 17.0. The molecule has 0 radical (unpaired) electrons. The zero-order valence-corrected chi connectivity index (χ0v) is 17.0. The van der Waals surface area contributed by atoms with Crippen LogP contribution in [0.1, 0.15) is 24.0 Å². The van der Waals surface area contributed by atoms with Crippen LogP contribution in [-0.2, 0) is 5.54 Å². The molecule has 1 saturated carbocycles. The summed E-state index contributed by atoms with van der Waals surface area (Å²) in [6.07, 6.45) is 6.89. The Morgan fingerprint density at radius 2 is 1.60 bits per heavy atom. The van der Waals surface area contributed by atoms with Crippen molar-refractivity contribution < 1.29 is 0 Å². The van der Waals surface area contributed by atoms with Crippen LogP contribution in [0.25, 0.3) is 16.8 Å². The van der Waals surface area contributed by atoms with Crippen LogP contribution in [0.5, 0.6) is 0 Å². The number of nitrogens with zero attached hydrogens (tertiary/aromatic N) is 2. The minimum absolute atomic E-state index is 0.106. The predicted molar refractivity (Wildman–Crippen MR) is 123 cm³/mol. The third kappa shape index (κ3) is 2.53. The van der Waals surface area contributed by atoms with E-state index >= 15 is 0 Å². The van der Waals surface area contributed by atoms with Crippen molar-refractivity contribution in [3.8, 4) is 11.1 Å². The lowest BCUT2D eigenvalue weighted by atomic mass is 9.96. The molecule has 0 aromatic heterocycles. The summed E-state index contributed by atoms with van der Waals surface area (Å²) in [5, 5.41) is 2.24. The largest absolute Gasteiger partial charge is 0.399 e. The Hall–Kier alpha value is -3.66. The number of hydrogen-bond acceptors (Lipinski definition) is 4. The number of allylic oxidation sites excluding steroid dienone is 1. The molecule has 4 heteroatoms. The van der Waals surface area contributed by atoms with Gasteiger partial charge in [-0.25, -0.2) is 0 Å². The van der Waals surface area contributed by atoms with E-state index in [4.69, 9.17) is 5.73 Å². The van der Waals surface area contributed by atoms with Crippen molar-refractivity contribution in [1.82, 2.24) is 10.3 Å². The first-order valence-corrected chi connectivity index (χ1v) is 10.4. The van der Waals surface area contributed by atoms with Gasteiger partial charge in [-0.3, -0.25) is 10.4 Å². The second-order valence-electron chi connectivity index (χ2n) is 8.42. The molecule has 3 aromatic carbocycles. The van der Waals surface area contributed by atoms with Crippen LogP contribution in [0.15, 0.2) is 90.8 Å². The molecular formula is C26H24N4. The zero-order chi connectivity index (χ0) is 20.3. The number of fused-ring (bicyclic) bond motifs is 4. The molecule has 0 unspecified atom stereocenters. The number of benzene rings is 3. The molecule has 0 bridgehead atoms. The van der Waals surface area contributed by atoms with Crippen LogP contribution in [0.2, 0.25) is 0 Å². The van der Waals surface area contributed by atoms with Crippen molar-refractivity contribution in [2.24, 2.45) is 0 Å². The van der Waals surface area contributed by atoms with E-state index in [0.717, 1.165) is 17.1 Å². The van der Waals surface area contributed by atoms with Gasteiger partial charge >= 0.3 is 0 Å². The van der Waals surface area contributed by atoms with Gasteiger partial charge in [0.2, 0.25) is 0 Å². The maximum atomic E-state index is 5.90. The van der Waals surface area contributed by atoms with Gasteiger partial charge in [0.1, 0.15) is 0 Å². The van der Waals surface area contributed by atoms with Gasteiger partial charge < -0.3 is 10.6 Å². The van der Waals surface area contributed by atoms with Crippen LogP contribution < -0.4 is 16.2 Å². The summed E-state index contributed by atoms with van der Waals surface area (Å²) in [7, 11) is 2.20. The number of hydrogen-bond donors (Lipinski definition) is 2. The normalized spacial score (nSPS) is 18.2. The van der Waals surface area contributed by atoms with Crippen LogP contribution in [-0.4, -0.2) is 11.9 Å². The number of nitrogens with two attached hydrogens (primary N) is 1. The molecule has 3 aromatic rings. The van der Waals surface area contributed by atoms with E-state index in [-0.39, 0.29) is 5.54 Å². The van der Waals surface area contributed by atoms with E-state index in [1.165, 1.54) is 40.8 Å².